The van der Waals surface area contributed by atoms with E-state index in [-0.39, 0.29) is 11.3 Å². The molecular formula is C10H8NO4-. The summed E-state index contributed by atoms with van der Waals surface area (Å²) >= 11 is 0. The number of ether oxygens (including phenoxy) is 2. The molecule has 15 heavy (non-hydrogen) atoms. The quantitative estimate of drug-likeness (QED) is 0.675. The van der Waals surface area contributed by atoms with Crippen molar-refractivity contribution >= 4 is 5.97 Å². The van der Waals surface area contributed by atoms with E-state index >= 15 is 0 Å². The highest BCUT2D eigenvalue weighted by molar-refractivity contribution is 5.66. The highest BCUT2D eigenvalue weighted by Crippen LogP contribution is 2.30. The minimum absolute atomic E-state index is 0.117. The minimum Gasteiger partial charge on any atom is -0.546 e. The average Bonchev–Trinajstić information content (AvgIpc) is 2.25. The van der Waals surface area contributed by atoms with Crippen LogP contribution in [0.3, 0.4) is 0 Å². The molecule has 78 valence electrons. The van der Waals surface area contributed by atoms with Crippen LogP contribution < -0.4 is 14.6 Å². The summed E-state index contributed by atoms with van der Waals surface area (Å²) in [6.45, 7) is -0.616. The van der Waals surface area contributed by atoms with Crippen LogP contribution in [-0.2, 0) is 4.79 Å². The molecule has 5 nitrogen and oxygen atoms in total. The van der Waals surface area contributed by atoms with E-state index in [1.165, 1.54) is 13.2 Å². The number of hydrogen-bond acceptors (Lipinski definition) is 5. The topological polar surface area (TPSA) is 82.4 Å². The molecule has 1 aromatic carbocycles. The molecule has 0 aromatic heterocycles. The second-order valence-corrected chi connectivity index (χ2v) is 2.61. The number of hydrogen-bond donors (Lipinski definition) is 0. The van der Waals surface area contributed by atoms with Crippen LogP contribution in [0.5, 0.6) is 11.5 Å². The van der Waals surface area contributed by atoms with Gasteiger partial charge in [-0.3, -0.25) is 0 Å². The predicted octanol–water partition coefficient (Wildman–Crippen LogP) is -0.304. The Hall–Kier alpha value is -2.22. The van der Waals surface area contributed by atoms with Crippen molar-refractivity contribution in [2.75, 3.05) is 13.7 Å². The van der Waals surface area contributed by atoms with Crippen molar-refractivity contribution in [3.63, 3.8) is 0 Å². The lowest BCUT2D eigenvalue weighted by atomic mass is 10.2. The fraction of sp³-hybridized carbons (Fsp3) is 0.200. The number of rotatable bonds is 4. The number of carboxylic acids is 1. The largest absolute Gasteiger partial charge is 0.546 e. The van der Waals surface area contributed by atoms with Crippen LogP contribution in [0.25, 0.3) is 0 Å². The van der Waals surface area contributed by atoms with Crippen molar-refractivity contribution < 1.29 is 19.4 Å². The number of methoxy groups -OCH3 is 1. The van der Waals surface area contributed by atoms with E-state index in [1.54, 1.807) is 12.1 Å². The minimum atomic E-state index is -1.36. The van der Waals surface area contributed by atoms with Gasteiger partial charge in [0, 0.05) is 0 Å². The summed E-state index contributed by atoms with van der Waals surface area (Å²) in [6.07, 6.45) is 0. The van der Waals surface area contributed by atoms with E-state index in [9.17, 15) is 9.90 Å². The first kappa shape index (κ1) is 10.9. The molecule has 0 heterocycles. The number of carboxylic acid groups (broad SMARTS) is 1. The molecule has 5 heteroatoms. The fourth-order valence-electron chi connectivity index (χ4n) is 1.04. The first-order valence-electron chi connectivity index (χ1n) is 4.08. The molecule has 0 saturated heterocycles. The van der Waals surface area contributed by atoms with Crippen molar-refractivity contribution in [1.82, 2.24) is 0 Å². The van der Waals surface area contributed by atoms with Crippen LogP contribution in [0.2, 0.25) is 0 Å². The van der Waals surface area contributed by atoms with Gasteiger partial charge in [0.1, 0.15) is 12.7 Å². The van der Waals surface area contributed by atoms with Crippen molar-refractivity contribution in [2.45, 2.75) is 0 Å². The lowest BCUT2D eigenvalue weighted by Crippen LogP contribution is -2.29. The zero-order valence-electron chi connectivity index (χ0n) is 8.02. The number of carbonyl (C=O) groups excluding carboxylic acids is 1. The van der Waals surface area contributed by atoms with Gasteiger partial charge in [-0.25, -0.2) is 0 Å². The molecule has 0 unspecified atom stereocenters. The number of benzene rings is 1. The molecule has 0 aliphatic rings. The summed E-state index contributed by atoms with van der Waals surface area (Å²) in [6, 6.07) is 6.57. The number of aliphatic carboxylic acids is 1. The van der Waals surface area contributed by atoms with Crippen molar-refractivity contribution in [3.8, 4) is 17.6 Å². The van der Waals surface area contributed by atoms with Crippen LogP contribution in [0.1, 0.15) is 5.56 Å². The monoisotopic (exact) mass is 206 g/mol. The normalized spacial score (nSPS) is 9.07. The van der Waals surface area contributed by atoms with E-state index in [4.69, 9.17) is 14.7 Å². The summed E-state index contributed by atoms with van der Waals surface area (Å²) in [5, 5.41) is 19.0. The Kier molecular flexibility index (Phi) is 3.52. The van der Waals surface area contributed by atoms with Gasteiger partial charge < -0.3 is 19.4 Å². The Balaban J connectivity index is 3.01. The SMILES string of the molecule is COc1cccc(C#N)c1OCC(=O)[O-]. The molecular weight excluding hydrogens is 198 g/mol. The van der Waals surface area contributed by atoms with Crippen molar-refractivity contribution in [3.05, 3.63) is 23.8 Å². The Morgan fingerprint density at radius 1 is 1.60 bits per heavy atom. The Bertz CT molecular complexity index is 408. The van der Waals surface area contributed by atoms with Gasteiger partial charge in [0.2, 0.25) is 0 Å². The second kappa shape index (κ2) is 4.86. The van der Waals surface area contributed by atoms with Gasteiger partial charge in [0.05, 0.1) is 18.6 Å². The molecule has 0 radical (unpaired) electrons. The second-order valence-electron chi connectivity index (χ2n) is 2.61. The molecule has 0 aliphatic heterocycles. The maximum absolute atomic E-state index is 10.2. The Morgan fingerprint density at radius 2 is 2.33 bits per heavy atom. The standard InChI is InChI=1S/C10H9NO4/c1-14-8-4-2-3-7(5-11)10(8)15-6-9(12)13/h2-4H,6H2,1H3,(H,12,13)/p-1. The first-order valence-corrected chi connectivity index (χ1v) is 4.08. The van der Waals surface area contributed by atoms with Crippen LogP contribution >= 0.6 is 0 Å². The molecule has 0 bridgehead atoms. The molecule has 0 fully saturated rings. The van der Waals surface area contributed by atoms with Crippen molar-refractivity contribution in [2.24, 2.45) is 0 Å². The van der Waals surface area contributed by atoms with Gasteiger partial charge >= 0.3 is 0 Å². The highest BCUT2D eigenvalue weighted by Gasteiger charge is 2.09. The molecule has 0 atom stereocenters. The summed E-state index contributed by atoms with van der Waals surface area (Å²) in [7, 11) is 1.41. The van der Waals surface area contributed by atoms with Gasteiger partial charge in [-0.15, -0.1) is 0 Å². The summed E-state index contributed by atoms with van der Waals surface area (Å²) in [5.74, 6) is -0.924. The highest BCUT2D eigenvalue weighted by atomic mass is 16.5. The smallest absolute Gasteiger partial charge is 0.179 e. The Morgan fingerprint density at radius 3 is 2.87 bits per heavy atom. The molecule has 0 spiro atoms. The molecule has 0 amide bonds. The van der Waals surface area contributed by atoms with Gasteiger partial charge in [-0.05, 0) is 12.1 Å². The summed E-state index contributed by atoms with van der Waals surface area (Å²) in [5.41, 5.74) is 0.218. The predicted molar refractivity (Wildman–Crippen MR) is 48.2 cm³/mol. The summed E-state index contributed by atoms with van der Waals surface area (Å²) < 4.78 is 9.83. The number of para-hydroxylation sites is 1. The van der Waals surface area contributed by atoms with E-state index in [0.717, 1.165) is 0 Å². The molecule has 1 rings (SSSR count). The van der Waals surface area contributed by atoms with E-state index in [0.29, 0.717) is 5.75 Å². The van der Waals surface area contributed by atoms with Crippen LogP contribution in [0.15, 0.2) is 18.2 Å². The Labute approximate surface area is 86.5 Å². The molecule has 0 saturated carbocycles. The van der Waals surface area contributed by atoms with Gasteiger partial charge in [0.15, 0.2) is 11.5 Å². The van der Waals surface area contributed by atoms with Crippen LogP contribution in [-0.4, -0.2) is 19.7 Å². The fourth-order valence-corrected chi connectivity index (χ4v) is 1.04. The first-order chi connectivity index (χ1) is 7.19. The molecule has 0 aliphatic carbocycles. The van der Waals surface area contributed by atoms with E-state index < -0.39 is 12.6 Å². The average molecular weight is 206 g/mol. The van der Waals surface area contributed by atoms with E-state index in [1.807, 2.05) is 6.07 Å². The van der Waals surface area contributed by atoms with Gasteiger partial charge in [-0.1, -0.05) is 6.07 Å². The van der Waals surface area contributed by atoms with Crippen LogP contribution in [0, 0.1) is 11.3 Å². The molecule has 0 N–H and O–H groups in total. The van der Waals surface area contributed by atoms with Gasteiger partial charge in [-0.2, -0.15) is 5.26 Å². The molecule has 1 aromatic rings. The number of nitriles is 1. The van der Waals surface area contributed by atoms with Gasteiger partial charge in [0.25, 0.3) is 0 Å². The van der Waals surface area contributed by atoms with E-state index in [2.05, 4.69) is 0 Å². The maximum atomic E-state index is 10.2. The third kappa shape index (κ3) is 2.61. The zero-order valence-corrected chi connectivity index (χ0v) is 8.02. The lowest BCUT2D eigenvalue weighted by molar-refractivity contribution is -0.307. The number of nitrogens with zero attached hydrogens (tertiary/aromatic N) is 1. The number of carbonyl (C=O) groups is 1. The summed E-state index contributed by atoms with van der Waals surface area (Å²) in [4.78, 5) is 10.2. The van der Waals surface area contributed by atoms with Crippen molar-refractivity contribution in [1.29, 1.82) is 5.26 Å². The van der Waals surface area contributed by atoms with Crippen LogP contribution in [0.4, 0.5) is 0 Å². The third-order valence-electron chi connectivity index (χ3n) is 1.65. The zero-order chi connectivity index (χ0) is 11.3. The third-order valence-corrected chi connectivity index (χ3v) is 1.65. The maximum Gasteiger partial charge on any atom is 0.179 e. The lowest BCUT2D eigenvalue weighted by Gasteiger charge is -2.11.